The number of rotatable bonds is 3. The molecule has 1 saturated heterocycles. The van der Waals surface area contributed by atoms with Gasteiger partial charge in [0.05, 0.1) is 14.1 Å². The van der Waals surface area contributed by atoms with Gasteiger partial charge in [0.1, 0.15) is 6.61 Å². The molecule has 0 unspecified atom stereocenters. The molecule has 0 bridgehead atoms. The fourth-order valence-corrected chi connectivity index (χ4v) is 7.20. The van der Waals surface area contributed by atoms with Crippen LogP contribution in [0, 0.1) is 5.92 Å². The van der Waals surface area contributed by atoms with Gasteiger partial charge in [0.25, 0.3) is 0 Å². The molecule has 1 fully saturated rings. The summed E-state index contributed by atoms with van der Waals surface area (Å²) in [6.45, 7) is 10.2. The maximum absolute atomic E-state index is 6.24. The number of hydrogen-bond acceptors (Lipinski definition) is 2. The first-order valence-electron chi connectivity index (χ1n) is 9.95. The van der Waals surface area contributed by atoms with Gasteiger partial charge in [-0.05, 0) is 17.0 Å². The van der Waals surface area contributed by atoms with Crippen LogP contribution >= 0.6 is 0 Å². The number of nitrogens with one attached hydrogen (secondary N) is 1. The highest BCUT2D eigenvalue weighted by atomic mass is 28.3. The standard InChI is InChI=1S/C24H29NOSi/c1-17(2)21-16-26-24(25-21)23-20-13-9-8-10-18(20)14-15-22(23)27(3,4)19-11-6-5-7-12-19/h5-15,17,21-22,25H,16H2,1-4H3/b24-23+/t21-,22+/m1/s1. The molecule has 0 radical (unpaired) electrons. The van der Waals surface area contributed by atoms with Crippen molar-refractivity contribution in [3.63, 3.8) is 0 Å². The molecular weight excluding hydrogens is 346 g/mol. The second kappa shape index (κ2) is 7.04. The first-order valence-corrected chi connectivity index (χ1v) is 13.0. The third kappa shape index (κ3) is 3.25. The zero-order valence-corrected chi connectivity index (χ0v) is 17.7. The van der Waals surface area contributed by atoms with Crippen molar-refractivity contribution in [2.24, 2.45) is 5.92 Å². The van der Waals surface area contributed by atoms with Crippen molar-refractivity contribution >= 4 is 24.9 Å². The molecule has 0 saturated carbocycles. The van der Waals surface area contributed by atoms with E-state index in [1.165, 1.54) is 21.9 Å². The third-order valence-electron chi connectivity index (χ3n) is 6.10. The summed E-state index contributed by atoms with van der Waals surface area (Å²) in [5.41, 5.74) is 4.32. The molecule has 1 N–H and O–H groups in total. The van der Waals surface area contributed by atoms with Crippen molar-refractivity contribution in [2.75, 3.05) is 6.61 Å². The summed E-state index contributed by atoms with van der Waals surface area (Å²) in [4.78, 5) is 0. The molecule has 1 aliphatic heterocycles. The van der Waals surface area contributed by atoms with Crippen LogP contribution in [0.4, 0.5) is 0 Å². The van der Waals surface area contributed by atoms with E-state index in [2.05, 4.69) is 99.0 Å². The Kier molecular flexibility index (Phi) is 4.73. The maximum Gasteiger partial charge on any atom is 0.191 e. The SMILES string of the molecule is CC(C)[C@H]1CO/C(=C2\c3ccccc3C=C[C@@H]2[Si](C)(C)c2ccccc2)N1. The molecule has 2 aliphatic rings. The molecule has 2 aromatic rings. The number of benzene rings is 2. The van der Waals surface area contributed by atoms with E-state index < -0.39 is 8.07 Å². The fraction of sp³-hybridized carbons (Fsp3) is 0.333. The summed E-state index contributed by atoms with van der Waals surface area (Å²) in [5, 5.41) is 5.18. The Hall–Kier alpha value is -2.26. The maximum atomic E-state index is 6.24. The first kappa shape index (κ1) is 18.1. The van der Waals surface area contributed by atoms with E-state index in [9.17, 15) is 0 Å². The van der Waals surface area contributed by atoms with Crippen LogP contribution in [0.3, 0.4) is 0 Å². The van der Waals surface area contributed by atoms with Gasteiger partial charge in [-0.15, -0.1) is 0 Å². The van der Waals surface area contributed by atoms with Gasteiger partial charge in [-0.3, -0.25) is 0 Å². The van der Waals surface area contributed by atoms with Gasteiger partial charge in [-0.2, -0.15) is 0 Å². The number of ether oxygens (including phenoxy) is 1. The van der Waals surface area contributed by atoms with Crippen molar-refractivity contribution < 1.29 is 4.74 Å². The largest absolute Gasteiger partial charge is 0.477 e. The molecule has 0 aromatic heterocycles. The number of hydrogen-bond donors (Lipinski definition) is 1. The van der Waals surface area contributed by atoms with Crippen LogP contribution in [0.2, 0.25) is 18.6 Å². The molecule has 3 heteroatoms. The topological polar surface area (TPSA) is 21.3 Å². The van der Waals surface area contributed by atoms with Gasteiger partial charge in [-0.25, -0.2) is 0 Å². The predicted octanol–water partition coefficient (Wildman–Crippen LogP) is 5.01. The summed E-state index contributed by atoms with van der Waals surface area (Å²) < 4.78 is 6.24. The van der Waals surface area contributed by atoms with Crippen LogP contribution in [-0.2, 0) is 4.74 Å². The normalized spacial score (nSPS) is 24.5. The Balaban J connectivity index is 1.84. The van der Waals surface area contributed by atoms with E-state index in [-0.39, 0.29) is 0 Å². The summed E-state index contributed by atoms with van der Waals surface area (Å²) in [5.74, 6) is 1.54. The molecule has 2 aromatic carbocycles. The van der Waals surface area contributed by atoms with Crippen LogP contribution in [0.15, 0.2) is 66.6 Å². The molecular formula is C24H29NOSi. The van der Waals surface area contributed by atoms with Gasteiger partial charge in [0, 0.05) is 11.1 Å². The van der Waals surface area contributed by atoms with Crippen molar-refractivity contribution in [3.05, 3.63) is 77.7 Å². The smallest absolute Gasteiger partial charge is 0.191 e. The van der Waals surface area contributed by atoms with E-state index in [1.807, 2.05) is 0 Å². The second-order valence-corrected chi connectivity index (χ2v) is 13.2. The Bertz CT molecular complexity index is 882. The highest BCUT2D eigenvalue weighted by molar-refractivity contribution is 6.92. The van der Waals surface area contributed by atoms with Gasteiger partial charge >= 0.3 is 0 Å². The predicted molar refractivity (Wildman–Crippen MR) is 117 cm³/mol. The lowest BCUT2D eigenvalue weighted by Gasteiger charge is -2.36. The third-order valence-corrected chi connectivity index (χ3v) is 9.96. The van der Waals surface area contributed by atoms with Crippen molar-refractivity contribution in [1.29, 1.82) is 0 Å². The minimum atomic E-state index is -1.79. The van der Waals surface area contributed by atoms with Gasteiger partial charge in [0.15, 0.2) is 5.88 Å². The van der Waals surface area contributed by atoms with Crippen molar-refractivity contribution in [2.45, 2.75) is 38.5 Å². The van der Waals surface area contributed by atoms with E-state index in [0.717, 1.165) is 12.5 Å². The van der Waals surface area contributed by atoms with Crippen LogP contribution < -0.4 is 10.5 Å². The van der Waals surface area contributed by atoms with Crippen LogP contribution in [0.5, 0.6) is 0 Å². The molecule has 4 rings (SSSR count). The lowest BCUT2D eigenvalue weighted by atomic mass is 9.92. The number of fused-ring (bicyclic) bond motifs is 1. The summed E-state index contributed by atoms with van der Waals surface area (Å²) in [6, 6.07) is 20.1. The zero-order valence-electron chi connectivity index (χ0n) is 16.7. The average molecular weight is 376 g/mol. The summed E-state index contributed by atoms with van der Waals surface area (Å²) >= 11 is 0. The van der Waals surface area contributed by atoms with E-state index in [0.29, 0.717) is 17.5 Å². The Morgan fingerprint density at radius 1 is 1.00 bits per heavy atom. The summed E-state index contributed by atoms with van der Waals surface area (Å²) in [7, 11) is -1.79. The molecule has 27 heavy (non-hydrogen) atoms. The number of allylic oxidation sites excluding steroid dienone is 2. The molecule has 140 valence electrons. The van der Waals surface area contributed by atoms with Gasteiger partial charge < -0.3 is 10.1 Å². The molecule has 2 atom stereocenters. The van der Waals surface area contributed by atoms with Crippen molar-refractivity contribution in [1.82, 2.24) is 5.32 Å². The quantitative estimate of drug-likeness (QED) is 0.761. The van der Waals surface area contributed by atoms with E-state index in [1.54, 1.807) is 0 Å². The zero-order chi connectivity index (χ0) is 19.0. The monoisotopic (exact) mass is 375 g/mol. The van der Waals surface area contributed by atoms with Crippen LogP contribution in [0.1, 0.15) is 25.0 Å². The minimum Gasteiger partial charge on any atom is -0.477 e. The molecule has 1 heterocycles. The van der Waals surface area contributed by atoms with Gasteiger partial charge in [-0.1, -0.05) is 98.9 Å². The highest BCUT2D eigenvalue weighted by Crippen LogP contribution is 2.45. The molecule has 1 aliphatic carbocycles. The van der Waals surface area contributed by atoms with Crippen LogP contribution in [-0.4, -0.2) is 20.7 Å². The first-order chi connectivity index (χ1) is 13.0. The average Bonchev–Trinajstić information content (AvgIpc) is 3.18. The Morgan fingerprint density at radius 3 is 2.41 bits per heavy atom. The lowest BCUT2D eigenvalue weighted by Crippen LogP contribution is -2.46. The van der Waals surface area contributed by atoms with Crippen molar-refractivity contribution in [3.8, 4) is 0 Å². The summed E-state index contributed by atoms with van der Waals surface area (Å²) in [6.07, 6.45) is 4.72. The second-order valence-electron chi connectivity index (χ2n) is 8.56. The molecule has 2 nitrogen and oxygen atoms in total. The van der Waals surface area contributed by atoms with E-state index in [4.69, 9.17) is 4.74 Å². The van der Waals surface area contributed by atoms with Crippen LogP contribution in [0.25, 0.3) is 11.6 Å². The Morgan fingerprint density at radius 2 is 1.70 bits per heavy atom. The molecule has 0 amide bonds. The Labute approximate surface area is 164 Å². The minimum absolute atomic E-state index is 0.378. The lowest BCUT2D eigenvalue weighted by molar-refractivity contribution is 0.245. The van der Waals surface area contributed by atoms with Gasteiger partial charge in [0.2, 0.25) is 0 Å². The molecule has 0 spiro atoms. The highest BCUT2D eigenvalue weighted by Gasteiger charge is 2.40. The van der Waals surface area contributed by atoms with E-state index >= 15 is 0 Å². The fourth-order valence-electron chi connectivity index (χ4n) is 4.20.